The van der Waals surface area contributed by atoms with E-state index in [1.54, 1.807) is 40.2 Å². The predicted octanol–water partition coefficient (Wildman–Crippen LogP) is 4.22. The summed E-state index contributed by atoms with van der Waals surface area (Å²) in [5.74, 6) is 0.0242. The highest BCUT2D eigenvalue weighted by molar-refractivity contribution is 7.99. The average molecular weight is 499 g/mol. The first kappa shape index (κ1) is 24.0. The number of thioether (sulfide) groups is 1. The third-order valence-electron chi connectivity index (χ3n) is 5.48. The van der Waals surface area contributed by atoms with Crippen molar-refractivity contribution in [2.24, 2.45) is 0 Å². The van der Waals surface area contributed by atoms with Crippen molar-refractivity contribution in [3.05, 3.63) is 51.6 Å². The molecule has 178 valence electrons. The van der Waals surface area contributed by atoms with Crippen molar-refractivity contribution in [2.45, 2.75) is 44.3 Å². The molecule has 10 heteroatoms. The zero-order chi connectivity index (χ0) is 24.2. The van der Waals surface area contributed by atoms with Crippen LogP contribution in [0.4, 0.5) is 11.4 Å². The lowest BCUT2D eigenvalue weighted by Crippen LogP contribution is -2.24. The number of anilines is 2. The maximum atomic E-state index is 13.3. The average Bonchev–Trinajstić information content (AvgIpc) is 3.18. The molecule has 1 aromatic carbocycles. The molecule has 34 heavy (non-hydrogen) atoms. The molecule has 0 saturated carbocycles. The Balaban J connectivity index is 1.57. The van der Waals surface area contributed by atoms with Gasteiger partial charge in [-0.2, -0.15) is 0 Å². The van der Waals surface area contributed by atoms with Crippen molar-refractivity contribution in [1.29, 1.82) is 0 Å². The van der Waals surface area contributed by atoms with Crippen molar-refractivity contribution in [2.75, 3.05) is 23.5 Å². The fourth-order valence-electron chi connectivity index (χ4n) is 4.02. The van der Waals surface area contributed by atoms with Gasteiger partial charge in [0.25, 0.3) is 5.56 Å². The molecule has 0 saturated heterocycles. The number of carbonyl (C=O) groups is 2. The quantitative estimate of drug-likeness (QED) is 0.274. The fourth-order valence-corrected chi connectivity index (χ4v) is 6.13. The number of benzene rings is 1. The Morgan fingerprint density at radius 3 is 2.82 bits per heavy atom. The van der Waals surface area contributed by atoms with Crippen LogP contribution in [0.5, 0.6) is 5.75 Å². The molecule has 3 aromatic rings. The van der Waals surface area contributed by atoms with E-state index in [9.17, 15) is 14.4 Å². The monoisotopic (exact) mass is 498 g/mol. The largest absolute Gasteiger partial charge is 0.495 e. The molecule has 1 aliphatic carbocycles. The number of rotatable bonds is 8. The number of nitrogens with zero attached hydrogens (tertiary/aromatic N) is 2. The van der Waals surface area contributed by atoms with Gasteiger partial charge in [-0.25, -0.2) is 4.98 Å². The number of carbonyl (C=O) groups excluding carboxylic acids is 2. The van der Waals surface area contributed by atoms with Gasteiger partial charge in [-0.3, -0.25) is 19.0 Å². The topological polar surface area (TPSA) is 102 Å². The number of aryl methyl sites for hydroxylation is 2. The Labute approximate surface area is 205 Å². The molecular formula is C24H26N4O4S2. The highest BCUT2D eigenvalue weighted by Gasteiger charge is 2.22. The molecule has 0 spiro atoms. The lowest BCUT2D eigenvalue weighted by Gasteiger charge is -2.13. The van der Waals surface area contributed by atoms with E-state index < -0.39 is 0 Å². The van der Waals surface area contributed by atoms with Gasteiger partial charge in [-0.05, 0) is 49.4 Å². The van der Waals surface area contributed by atoms with Gasteiger partial charge in [-0.1, -0.05) is 17.8 Å². The van der Waals surface area contributed by atoms with Gasteiger partial charge in [0, 0.05) is 24.0 Å². The maximum absolute atomic E-state index is 13.3. The van der Waals surface area contributed by atoms with Crippen molar-refractivity contribution >= 4 is 56.5 Å². The number of fused-ring (bicyclic) bond motifs is 3. The molecule has 0 aliphatic heterocycles. The van der Waals surface area contributed by atoms with Crippen LogP contribution >= 0.6 is 23.1 Å². The van der Waals surface area contributed by atoms with Crippen LogP contribution in [0, 0.1) is 0 Å². The van der Waals surface area contributed by atoms with Crippen LogP contribution in [-0.4, -0.2) is 34.2 Å². The Morgan fingerprint density at radius 2 is 2.09 bits per heavy atom. The molecule has 2 N–H and O–H groups in total. The van der Waals surface area contributed by atoms with Gasteiger partial charge >= 0.3 is 0 Å². The number of hydrogen-bond acceptors (Lipinski definition) is 7. The van der Waals surface area contributed by atoms with E-state index in [0.29, 0.717) is 28.8 Å². The summed E-state index contributed by atoms with van der Waals surface area (Å²) in [5, 5.41) is 6.71. The van der Waals surface area contributed by atoms with Crippen LogP contribution in [0.15, 0.2) is 40.8 Å². The maximum Gasteiger partial charge on any atom is 0.263 e. The van der Waals surface area contributed by atoms with E-state index in [-0.39, 0.29) is 23.1 Å². The number of thiophene rings is 1. The van der Waals surface area contributed by atoms with Crippen LogP contribution in [0.3, 0.4) is 0 Å². The minimum absolute atomic E-state index is 0.0493. The van der Waals surface area contributed by atoms with Crippen molar-refractivity contribution in [3.8, 4) is 5.75 Å². The molecular weight excluding hydrogens is 472 g/mol. The summed E-state index contributed by atoms with van der Waals surface area (Å²) in [6, 6.07) is 5.00. The Kier molecular flexibility index (Phi) is 7.38. The molecule has 2 amide bonds. The van der Waals surface area contributed by atoms with Crippen LogP contribution in [-0.2, 0) is 29.0 Å². The van der Waals surface area contributed by atoms with Crippen LogP contribution in [0.25, 0.3) is 10.2 Å². The Morgan fingerprint density at radius 1 is 1.29 bits per heavy atom. The molecule has 0 bridgehead atoms. The first-order valence-corrected chi connectivity index (χ1v) is 12.8. The van der Waals surface area contributed by atoms with Crippen molar-refractivity contribution in [3.63, 3.8) is 0 Å². The zero-order valence-electron chi connectivity index (χ0n) is 19.1. The van der Waals surface area contributed by atoms with Crippen molar-refractivity contribution < 1.29 is 14.3 Å². The van der Waals surface area contributed by atoms with E-state index in [1.807, 2.05) is 0 Å². The fraction of sp³-hybridized carbons (Fsp3) is 0.333. The van der Waals surface area contributed by atoms with E-state index in [2.05, 4.69) is 17.2 Å². The van der Waals surface area contributed by atoms with Crippen LogP contribution in [0.2, 0.25) is 0 Å². The molecule has 0 radical (unpaired) electrons. The molecule has 4 rings (SSSR count). The standard InChI is InChI=1S/C24H26N4O4S2/c1-4-11-28-23(31)21-16-7-5-6-8-19(16)34-22(21)27-24(28)33-13-20(30)26-17-12-15(25-14(2)29)9-10-18(17)32-3/h4,9-10,12H,1,5-8,11,13H2,2-3H3,(H,25,29)(H,26,30). The number of hydrogen-bond donors (Lipinski definition) is 2. The van der Waals surface area contributed by atoms with E-state index in [0.717, 1.165) is 41.5 Å². The zero-order valence-corrected chi connectivity index (χ0v) is 20.7. The van der Waals surface area contributed by atoms with Crippen molar-refractivity contribution in [1.82, 2.24) is 9.55 Å². The molecule has 1 aliphatic rings. The number of aromatic nitrogens is 2. The smallest absolute Gasteiger partial charge is 0.263 e. The van der Waals surface area contributed by atoms with Gasteiger partial charge in [0.1, 0.15) is 10.6 Å². The van der Waals surface area contributed by atoms with E-state index >= 15 is 0 Å². The summed E-state index contributed by atoms with van der Waals surface area (Å²) in [4.78, 5) is 44.2. The number of ether oxygens (including phenoxy) is 1. The Bertz CT molecular complexity index is 1330. The van der Waals surface area contributed by atoms with Gasteiger partial charge < -0.3 is 15.4 Å². The summed E-state index contributed by atoms with van der Waals surface area (Å²) >= 11 is 2.79. The molecule has 0 atom stereocenters. The van der Waals surface area contributed by atoms with E-state index in [1.165, 1.54) is 30.7 Å². The summed E-state index contributed by atoms with van der Waals surface area (Å²) < 4.78 is 6.91. The van der Waals surface area contributed by atoms with Crippen LogP contribution < -0.4 is 20.9 Å². The number of amides is 2. The lowest BCUT2D eigenvalue weighted by atomic mass is 9.97. The lowest BCUT2D eigenvalue weighted by molar-refractivity contribution is -0.114. The minimum atomic E-state index is -0.284. The second-order valence-electron chi connectivity index (χ2n) is 7.92. The SMILES string of the molecule is C=CCn1c(SCC(=O)Nc2cc(NC(C)=O)ccc2OC)nc2sc3c(c2c1=O)CCCC3. The number of methoxy groups -OCH3 is 1. The van der Waals surface area contributed by atoms with Gasteiger partial charge in [-0.15, -0.1) is 17.9 Å². The summed E-state index contributed by atoms with van der Waals surface area (Å²) in [6.45, 7) is 5.51. The third kappa shape index (κ3) is 5.02. The normalized spacial score (nSPS) is 12.8. The number of allylic oxidation sites excluding steroid dienone is 1. The number of nitrogens with one attached hydrogen (secondary N) is 2. The predicted molar refractivity (Wildman–Crippen MR) is 137 cm³/mol. The highest BCUT2D eigenvalue weighted by Crippen LogP contribution is 2.35. The minimum Gasteiger partial charge on any atom is -0.495 e. The first-order chi connectivity index (χ1) is 16.4. The second-order valence-corrected chi connectivity index (χ2v) is 9.95. The summed E-state index contributed by atoms with van der Waals surface area (Å²) in [5.41, 5.74) is 2.06. The highest BCUT2D eigenvalue weighted by atomic mass is 32.2. The second kappa shape index (κ2) is 10.4. The summed E-state index contributed by atoms with van der Waals surface area (Å²) in [7, 11) is 1.51. The molecule has 8 nitrogen and oxygen atoms in total. The Hall–Kier alpha value is -3.11. The summed E-state index contributed by atoms with van der Waals surface area (Å²) in [6.07, 6.45) is 5.78. The van der Waals surface area contributed by atoms with Gasteiger partial charge in [0.2, 0.25) is 11.8 Å². The first-order valence-electron chi connectivity index (χ1n) is 11.0. The van der Waals surface area contributed by atoms with E-state index in [4.69, 9.17) is 9.72 Å². The molecule has 0 fully saturated rings. The van der Waals surface area contributed by atoms with Gasteiger partial charge in [0.15, 0.2) is 5.16 Å². The van der Waals surface area contributed by atoms with Gasteiger partial charge in [0.05, 0.1) is 23.9 Å². The van der Waals surface area contributed by atoms with Crippen LogP contribution in [0.1, 0.15) is 30.2 Å². The third-order valence-corrected chi connectivity index (χ3v) is 7.64. The molecule has 2 heterocycles. The molecule has 0 unspecified atom stereocenters. The molecule has 2 aromatic heterocycles.